The zero-order valence-electron chi connectivity index (χ0n) is 12.1. The maximum atomic E-state index is 12.0. The van der Waals surface area contributed by atoms with E-state index in [1.54, 1.807) is 19.1 Å². The van der Waals surface area contributed by atoms with E-state index in [1.807, 2.05) is 9.97 Å². The third-order valence-electron chi connectivity index (χ3n) is 2.99. The van der Waals surface area contributed by atoms with Gasteiger partial charge in [-0.2, -0.15) is 5.10 Å². The van der Waals surface area contributed by atoms with Gasteiger partial charge < -0.3 is 10.2 Å². The lowest BCUT2D eigenvalue weighted by molar-refractivity contribution is 0.0952. The Labute approximate surface area is 129 Å². The van der Waals surface area contributed by atoms with E-state index in [0.29, 0.717) is 0 Å². The van der Waals surface area contributed by atoms with Gasteiger partial charge in [0.2, 0.25) is 5.88 Å². The molecule has 0 fully saturated rings. The van der Waals surface area contributed by atoms with E-state index < -0.39 is 23.0 Å². The van der Waals surface area contributed by atoms with Gasteiger partial charge in [-0.05, 0) is 18.6 Å². The summed E-state index contributed by atoms with van der Waals surface area (Å²) in [5.41, 5.74) is 0.324. The van der Waals surface area contributed by atoms with Gasteiger partial charge in [0.25, 0.3) is 11.5 Å². The van der Waals surface area contributed by atoms with Gasteiger partial charge in [-0.25, -0.2) is 10.2 Å². The van der Waals surface area contributed by atoms with Crippen molar-refractivity contribution >= 4 is 11.6 Å². The number of phenols is 1. The Hall–Kier alpha value is -3.36. The average Bonchev–Trinajstić information content (AvgIpc) is 2.49. The molecular weight excluding hydrogens is 304 g/mol. The Kier molecular flexibility index (Phi) is 4.60. The summed E-state index contributed by atoms with van der Waals surface area (Å²) in [5, 5.41) is 23.1. The van der Waals surface area contributed by atoms with Crippen molar-refractivity contribution in [3.63, 3.8) is 0 Å². The number of amides is 1. The monoisotopic (exact) mass is 318 g/mol. The number of carbonyl (C=O) groups is 1. The second-order valence-electron chi connectivity index (χ2n) is 4.50. The molecule has 9 nitrogen and oxygen atoms in total. The topological polar surface area (TPSA) is 148 Å². The van der Waals surface area contributed by atoms with Crippen LogP contribution in [0.3, 0.4) is 0 Å². The fourth-order valence-corrected chi connectivity index (χ4v) is 1.90. The number of nitrogens with zero attached hydrogens (tertiary/aromatic N) is 1. The van der Waals surface area contributed by atoms with Gasteiger partial charge in [-0.1, -0.05) is 19.1 Å². The van der Waals surface area contributed by atoms with E-state index >= 15 is 0 Å². The molecule has 0 aliphatic heterocycles. The van der Waals surface area contributed by atoms with E-state index in [9.17, 15) is 24.6 Å². The van der Waals surface area contributed by atoms with Crippen LogP contribution in [0.2, 0.25) is 0 Å². The van der Waals surface area contributed by atoms with Gasteiger partial charge in [0, 0.05) is 0 Å². The molecule has 2 rings (SSSR count). The number of phenolic OH excluding ortho intramolecular Hbond substituents is 1. The van der Waals surface area contributed by atoms with E-state index in [2.05, 4.69) is 10.5 Å². The molecule has 1 amide bonds. The number of aromatic hydroxyl groups is 2. The quantitative estimate of drug-likeness (QED) is 0.398. The molecule has 0 radical (unpaired) electrons. The molecule has 0 aliphatic carbocycles. The third-order valence-corrected chi connectivity index (χ3v) is 2.99. The highest BCUT2D eigenvalue weighted by Crippen LogP contribution is 2.15. The smallest absolute Gasteiger partial charge is 0.328 e. The maximum absolute atomic E-state index is 12.0. The van der Waals surface area contributed by atoms with Crippen molar-refractivity contribution in [3.05, 3.63) is 56.2 Å². The highest BCUT2D eigenvalue weighted by atomic mass is 16.3. The lowest BCUT2D eigenvalue weighted by Crippen LogP contribution is -2.29. The summed E-state index contributed by atoms with van der Waals surface area (Å²) in [5.74, 6) is -1.55. The highest BCUT2D eigenvalue weighted by molar-refractivity contribution is 6.03. The number of para-hydroxylation sites is 1. The number of aromatic nitrogens is 2. The standard InChI is InChI=1S/C14H14N4O5/c1-2-8(10-12(21)15-14(23)16-13(10)22)17-18-11(20)7-5-3-4-6-9(7)19/h3-6,19H,2H2,1H3,(H,18,20)(H3,15,16,21,22,23)/b17-8+. The van der Waals surface area contributed by atoms with Crippen molar-refractivity contribution in [1.82, 2.24) is 15.4 Å². The van der Waals surface area contributed by atoms with Gasteiger partial charge in [-0.3, -0.25) is 19.6 Å². The molecule has 1 aromatic heterocycles. The number of hydrogen-bond acceptors (Lipinski definition) is 6. The molecule has 5 N–H and O–H groups in total. The molecule has 0 unspecified atom stereocenters. The molecule has 0 atom stereocenters. The van der Waals surface area contributed by atoms with Gasteiger partial charge >= 0.3 is 5.69 Å². The lowest BCUT2D eigenvalue weighted by atomic mass is 10.1. The summed E-state index contributed by atoms with van der Waals surface area (Å²) >= 11 is 0. The first kappa shape index (κ1) is 16.0. The molecule has 23 heavy (non-hydrogen) atoms. The SMILES string of the molecule is CC/C(=N\NC(=O)c1ccccc1O)c1c(O)[nH]c(=O)[nH]c1=O. The van der Waals surface area contributed by atoms with Crippen LogP contribution in [0.4, 0.5) is 0 Å². The van der Waals surface area contributed by atoms with Gasteiger partial charge in [0.05, 0.1) is 11.3 Å². The van der Waals surface area contributed by atoms with Crippen LogP contribution in [0.15, 0.2) is 39.0 Å². The summed E-state index contributed by atoms with van der Waals surface area (Å²) in [6.07, 6.45) is 0.198. The van der Waals surface area contributed by atoms with Gasteiger partial charge in [-0.15, -0.1) is 0 Å². The number of rotatable bonds is 4. The molecular formula is C14H14N4O5. The Morgan fingerprint density at radius 3 is 2.52 bits per heavy atom. The first-order chi connectivity index (χ1) is 10.9. The Morgan fingerprint density at radius 1 is 1.22 bits per heavy atom. The van der Waals surface area contributed by atoms with E-state index in [4.69, 9.17) is 0 Å². The molecule has 0 saturated carbocycles. The lowest BCUT2D eigenvalue weighted by Gasteiger charge is -2.06. The molecule has 0 aliphatic rings. The van der Waals surface area contributed by atoms with Crippen LogP contribution in [0.25, 0.3) is 0 Å². The Balaban J connectivity index is 2.34. The number of nitrogens with one attached hydrogen (secondary N) is 3. The minimum atomic E-state index is -0.857. The molecule has 120 valence electrons. The summed E-state index contributed by atoms with van der Waals surface area (Å²) in [4.78, 5) is 38.8. The normalized spacial score (nSPS) is 11.3. The zero-order valence-corrected chi connectivity index (χ0v) is 12.1. The van der Waals surface area contributed by atoms with Crippen LogP contribution in [0.5, 0.6) is 11.6 Å². The van der Waals surface area contributed by atoms with Gasteiger partial charge in [0.1, 0.15) is 11.3 Å². The van der Waals surface area contributed by atoms with Crippen LogP contribution in [0.1, 0.15) is 29.3 Å². The second-order valence-corrected chi connectivity index (χ2v) is 4.50. The van der Waals surface area contributed by atoms with Crippen LogP contribution in [-0.4, -0.2) is 31.8 Å². The average molecular weight is 318 g/mol. The van der Waals surface area contributed by atoms with Crippen molar-refractivity contribution in [2.75, 3.05) is 0 Å². The third kappa shape index (κ3) is 3.46. The number of hydrogen-bond donors (Lipinski definition) is 5. The molecule has 0 spiro atoms. The predicted octanol–water partition coefficient (Wildman–Crippen LogP) is 0.0185. The van der Waals surface area contributed by atoms with Gasteiger partial charge in [0.15, 0.2) is 0 Å². The fourth-order valence-electron chi connectivity index (χ4n) is 1.90. The number of hydrazone groups is 1. The largest absolute Gasteiger partial charge is 0.507 e. The summed E-state index contributed by atoms with van der Waals surface area (Å²) < 4.78 is 0. The number of aromatic amines is 2. The molecule has 2 aromatic rings. The zero-order chi connectivity index (χ0) is 17.0. The van der Waals surface area contributed by atoms with E-state index in [1.165, 1.54) is 12.1 Å². The van der Waals surface area contributed by atoms with E-state index in [0.717, 1.165) is 0 Å². The summed E-state index contributed by atoms with van der Waals surface area (Å²) in [6, 6.07) is 5.87. The van der Waals surface area contributed by atoms with Crippen LogP contribution in [0, 0.1) is 0 Å². The Morgan fingerprint density at radius 2 is 1.91 bits per heavy atom. The van der Waals surface area contributed by atoms with Crippen LogP contribution in [-0.2, 0) is 0 Å². The predicted molar refractivity (Wildman–Crippen MR) is 81.7 cm³/mol. The highest BCUT2D eigenvalue weighted by Gasteiger charge is 2.15. The second kappa shape index (κ2) is 6.60. The molecule has 0 saturated heterocycles. The summed E-state index contributed by atoms with van der Waals surface area (Å²) in [7, 11) is 0. The van der Waals surface area contributed by atoms with Crippen molar-refractivity contribution in [2.45, 2.75) is 13.3 Å². The van der Waals surface area contributed by atoms with Crippen LogP contribution < -0.4 is 16.7 Å². The number of benzene rings is 1. The first-order valence-corrected chi connectivity index (χ1v) is 6.64. The summed E-state index contributed by atoms with van der Waals surface area (Å²) in [6.45, 7) is 1.65. The first-order valence-electron chi connectivity index (χ1n) is 6.64. The van der Waals surface area contributed by atoms with Crippen molar-refractivity contribution in [1.29, 1.82) is 0 Å². The molecule has 1 heterocycles. The van der Waals surface area contributed by atoms with Crippen molar-refractivity contribution in [2.24, 2.45) is 5.10 Å². The van der Waals surface area contributed by atoms with Crippen LogP contribution >= 0.6 is 0 Å². The van der Waals surface area contributed by atoms with E-state index in [-0.39, 0.29) is 29.0 Å². The maximum Gasteiger partial charge on any atom is 0.328 e. The number of carbonyl (C=O) groups excluding carboxylic acids is 1. The minimum absolute atomic E-state index is 0.00584. The Bertz CT molecular complexity index is 881. The molecule has 0 bridgehead atoms. The fraction of sp³-hybridized carbons (Fsp3) is 0.143. The van der Waals surface area contributed by atoms with Crippen molar-refractivity contribution < 1.29 is 15.0 Å². The van der Waals surface area contributed by atoms with Crippen molar-refractivity contribution in [3.8, 4) is 11.6 Å². The number of H-pyrrole nitrogens is 2. The minimum Gasteiger partial charge on any atom is -0.507 e. The molecule has 1 aromatic carbocycles. The molecule has 9 heteroatoms.